The molecule has 0 nitrogen and oxygen atoms in total. The van der Waals surface area contributed by atoms with Crippen LogP contribution in [0.1, 0.15) is 50.1 Å². The minimum atomic E-state index is -3.07. The van der Waals surface area contributed by atoms with Gasteiger partial charge in [0, 0.05) is 0 Å². The summed E-state index contributed by atoms with van der Waals surface area (Å²) in [6, 6.07) is 53.3. The van der Waals surface area contributed by atoms with Crippen LogP contribution in [0.25, 0.3) is 0 Å². The molecule has 0 radical (unpaired) electrons. The molecule has 218 valence electrons. The molecule has 0 saturated heterocycles. The van der Waals surface area contributed by atoms with Gasteiger partial charge in [-0.3, -0.25) is 0 Å². The Morgan fingerprint density at radius 1 is 0.386 bits per heavy atom. The lowest BCUT2D eigenvalue weighted by atomic mass is 10.0. The number of hydrogen-bond acceptors (Lipinski definition) is 0. The van der Waals surface area contributed by atoms with Crippen molar-refractivity contribution in [2.24, 2.45) is 0 Å². The van der Waals surface area contributed by atoms with Crippen molar-refractivity contribution in [2.75, 3.05) is 0 Å². The van der Waals surface area contributed by atoms with Gasteiger partial charge in [0.25, 0.3) is 0 Å². The summed E-state index contributed by atoms with van der Waals surface area (Å²) in [5, 5.41) is 3.85. The van der Waals surface area contributed by atoms with Gasteiger partial charge in [-0.2, -0.15) is 0 Å². The van der Waals surface area contributed by atoms with Crippen molar-refractivity contribution in [3.8, 4) is 0 Å². The third kappa shape index (κ3) is 6.50. The number of hydrogen-bond donors (Lipinski definition) is 0. The summed E-state index contributed by atoms with van der Waals surface area (Å²) >= 11 is 8.53. The van der Waals surface area contributed by atoms with Crippen LogP contribution in [0.3, 0.4) is 0 Å². The lowest BCUT2D eigenvalue weighted by Crippen LogP contribution is -2.65. The molecule has 44 heavy (non-hydrogen) atoms. The number of aryl methyl sites for hydroxylation is 3. The van der Waals surface area contributed by atoms with E-state index in [9.17, 15) is 0 Å². The fourth-order valence-corrected chi connectivity index (χ4v) is 11.8. The topological polar surface area (TPSA) is 0 Å². The Morgan fingerprint density at radius 3 is 0.932 bits per heavy atom. The Kier molecular flexibility index (Phi) is 8.98. The minimum absolute atomic E-state index is 0.846. The molecule has 0 aromatic heterocycles. The Bertz CT molecular complexity index is 1640. The fraction of sp³-hybridized carbons (Fsp3) is 0.143. The van der Waals surface area contributed by atoms with Crippen LogP contribution in [0.2, 0.25) is 0 Å². The largest absolute Gasteiger partial charge is 0.248 e. The van der Waals surface area contributed by atoms with Crippen LogP contribution in [0.5, 0.6) is 0 Å². The molecule has 0 aliphatic heterocycles. The van der Waals surface area contributed by atoms with E-state index < -0.39 is 7.38 Å². The lowest BCUT2D eigenvalue weighted by Gasteiger charge is -2.33. The zero-order valence-electron chi connectivity index (χ0n) is 25.9. The molecule has 6 aromatic carbocycles. The van der Waals surface area contributed by atoms with E-state index in [1.165, 1.54) is 65.6 Å². The van der Waals surface area contributed by atoms with Crippen LogP contribution in [0.15, 0.2) is 146 Å². The van der Waals surface area contributed by atoms with Crippen molar-refractivity contribution >= 4 is 34.0 Å². The van der Waals surface area contributed by atoms with Crippen LogP contribution >= 0.6 is 11.1 Å². The summed E-state index contributed by atoms with van der Waals surface area (Å²) in [6.45, 7) is 6.57. The first-order valence-electron chi connectivity index (χ1n) is 15.5. The molecule has 0 saturated carbocycles. The van der Waals surface area contributed by atoms with E-state index in [0.717, 1.165) is 19.3 Å². The van der Waals surface area contributed by atoms with Crippen LogP contribution in [0.4, 0.5) is 0 Å². The average molecular weight is 607 g/mol. The Balaban J connectivity index is 1.63. The van der Waals surface area contributed by atoms with Gasteiger partial charge in [0.15, 0.2) is 0 Å². The van der Waals surface area contributed by atoms with Gasteiger partial charge in [0.1, 0.15) is 0 Å². The molecular weight excluding hydrogens is 568 g/mol. The first-order chi connectivity index (χ1) is 21.4. The highest BCUT2D eigenvalue weighted by atomic mass is 35.6. The second kappa shape index (κ2) is 13.2. The van der Waals surface area contributed by atoms with Crippen LogP contribution in [-0.2, 0) is 19.3 Å². The summed E-state index contributed by atoms with van der Waals surface area (Å²) in [4.78, 5) is 0. The van der Waals surface area contributed by atoms with E-state index in [2.05, 4.69) is 166 Å². The molecule has 0 spiro atoms. The maximum atomic E-state index is 8.53. The highest BCUT2D eigenvalue weighted by Gasteiger charge is 2.42. The fourth-order valence-electron chi connectivity index (χ4n) is 6.50. The van der Waals surface area contributed by atoms with Gasteiger partial charge in [0.2, 0.25) is 7.38 Å². The van der Waals surface area contributed by atoms with Crippen molar-refractivity contribution in [2.45, 2.75) is 40.0 Å². The Morgan fingerprint density at radius 2 is 0.659 bits per heavy atom. The number of rotatable bonds is 9. The molecule has 0 aliphatic rings. The predicted octanol–water partition coefficient (Wildman–Crippen LogP) is 8.59. The van der Waals surface area contributed by atoms with Crippen molar-refractivity contribution in [1.29, 1.82) is 0 Å². The second-order valence-corrected chi connectivity index (χ2v) is 16.8. The molecule has 0 atom stereocenters. The van der Waals surface area contributed by atoms with Crippen molar-refractivity contribution in [1.82, 2.24) is 0 Å². The van der Waals surface area contributed by atoms with Crippen molar-refractivity contribution in [3.63, 3.8) is 0 Å². The quantitative estimate of drug-likeness (QED) is 0.0878. The first kappa shape index (κ1) is 29.9. The smallest absolute Gasteiger partial charge is 0.149 e. The predicted molar refractivity (Wildman–Crippen MR) is 192 cm³/mol. The van der Waals surface area contributed by atoms with E-state index in [-0.39, 0.29) is 0 Å². The van der Waals surface area contributed by atoms with Crippen LogP contribution < -0.4 is 15.6 Å². The molecule has 0 fully saturated rings. The van der Waals surface area contributed by atoms with E-state index in [1.54, 1.807) is 0 Å². The zero-order valence-corrected chi connectivity index (χ0v) is 27.6. The molecular formula is C42H39ClSi. The van der Waals surface area contributed by atoms with Crippen molar-refractivity contribution in [3.05, 3.63) is 196 Å². The van der Waals surface area contributed by atoms with E-state index in [1.807, 2.05) is 0 Å². The first-order valence-corrected chi connectivity index (χ1v) is 18.5. The minimum Gasteiger partial charge on any atom is -0.149 e. The molecule has 0 bridgehead atoms. The highest BCUT2D eigenvalue weighted by Crippen LogP contribution is 2.24. The van der Waals surface area contributed by atoms with Crippen LogP contribution in [0, 0.1) is 20.8 Å². The molecule has 6 aromatic rings. The molecule has 0 heterocycles. The summed E-state index contributed by atoms with van der Waals surface area (Å²) in [5.74, 6) is 0. The summed E-state index contributed by atoms with van der Waals surface area (Å²) in [7, 11) is -3.07. The Labute approximate surface area is 268 Å². The van der Waals surface area contributed by atoms with E-state index in [0.29, 0.717) is 0 Å². The van der Waals surface area contributed by atoms with E-state index in [4.69, 9.17) is 11.1 Å². The highest BCUT2D eigenvalue weighted by molar-refractivity contribution is 7.40. The maximum absolute atomic E-state index is 8.53. The van der Waals surface area contributed by atoms with Gasteiger partial charge in [-0.05, 0) is 89.0 Å². The van der Waals surface area contributed by atoms with Gasteiger partial charge < -0.3 is 0 Å². The van der Waals surface area contributed by atoms with Gasteiger partial charge in [0.05, 0.1) is 0 Å². The molecule has 6 rings (SSSR count). The monoisotopic (exact) mass is 606 g/mol. The number of halogens is 1. The van der Waals surface area contributed by atoms with Gasteiger partial charge in [-0.1, -0.05) is 162 Å². The van der Waals surface area contributed by atoms with Gasteiger partial charge in [-0.25, -0.2) is 0 Å². The second-order valence-electron chi connectivity index (χ2n) is 12.1. The molecule has 0 amide bonds. The third-order valence-corrected chi connectivity index (χ3v) is 14.1. The third-order valence-electron chi connectivity index (χ3n) is 8.61. The summed E-state index contributed by atoms with van der Waals surface area (Å²) < 4.78 is 0. The molecule has 0 unspecified atom stereocenters. The normalized spacial score (nSPS) is 11.5. The maximum Gasteiger partial charge on any atom is 0.248 e. The summed E-state index contributed by atoms with van der Waals surface area (Å²) in [5.41, 5.74) is 11.6. The average Bonchev–Trinajstić information content (AvgIpc) is 3.02. The molecule has 2 heteroatoms. The molecule has 0 aliphatic carbocycles. The zero-order chi connectivity index (χ0) is 30.5. The number of benzene rings is 6. The molecule has 0 N–H and O–H groups in total. The van der Waals surface area contributed by atoms with Gasteiger partial charge in [-0.15, -0.1) is 11.1 Å². The van der Waals surface area contributed by atoms with Crippen molar-refractivity contribution < 1.29 is 0 Å². The lowest BCUT2D eigenvalue weighted by molar-refractivity contribution is 1.18. The summed E-state index contributed by atoms with van der Waals surface area (Å²) in [6.07, 6.45) is 2.54. The van der Waals surface area contributed by atoms with E-state index >= 15 is 0 Å². The van der Waals surface area contributed by atoms with Crippen LogP contribution in [-0.4, -0.2) is 7.38 Å². The standard InChI is InChI=1S/C42H39ClSi/c1-31-19-22-40(37(25-31)28-34-13-7-4-8-14-34)44(43,41-23-20-32(2)26-38(41)29-35-15-9-5-10-16-35)42-24-21-33(3)27-39(42)30-36-17-11-6-12-18-36/h4-27H,28-30H2,1-3H3. The Hall–Kier alpha value is -4.17. The van der Waals surface area contributed by atoms with Gasteiger partial charge >= 0.3 is 0 Å². The SMILES string of the molecule is Cc1ccc([Si](Cl)(c2ccc(C)cc2Cc2ccccc2)c2ccc(C)cc2Cc2ccccc2)c(Cc2ccccc2)c1.